The molecule has 0 aliphatic carbocycles. The summed E-state index contributed by atoms with van der Waals surface area (Å²) in [6.45, 7) is 10.8. The molecule has 20 heavy (non-hydrogen) atoms. The van der Waals surface area contributed by atoms with Crippen LogP contribution in [-0.4, -0.2) is 30.4 Å². The number of allylic oxidation sites excluding steroid dienone is 2. The predicted octanol–water partition coefficient (Wildman–Crippen LogP) is 4.94. The number of nitrogens with zero attached hydrogens (tertiary/aromatic N) is 2. The quantitative estimate of drug-likeness (QED) is 0.434. The Morgan fingerprint density at radius 1 is 1.15 bits per heavy atom. The Morgan fingerprint density at radius 2 is 1.80 bits per heavy atom. The molecule has 0 heterocycles. The third-order valence-corrected chi connectivity index (χ3v) is 2.88. The van der Waals surface area contributed by atoms with Gasteiger partial charge < -0.3 is 4.90 Å². The van der Waals surface area contributed by atoms with Crippen molar-refractivity contribution >= 4 is 6.21 Å². The lowest BCUT2D eigenvalue weighted by molar-refractivity contribution is -0.0857. The Morgan fingerprint density at radius 3 is 2.25 bits per heavy atom. The van der Waals surface area contributed by atoms with Gasteiger partial charge >= 0.3 is 6.18 Å². The second-order valence-electron chi connectivity index (χ2n) is 4.61. The molecule has 0 atom stereocenters. The first kappa shape index (κ1) is 18.7. The molecule has 0 spiro atoms. The molecule has 0 N–H and O–H groups in total. The third kappa shape index (κ3) is 7.36. The lowest BCUT2D eigenvalue weighted by Gasteiger charge is -2.23. The van der Waals surface area contributed by atoms with Crippen molar-refractivity contribution in [2.24, 2.45) is 4.99 Å². The Labute approximate surface area is 120 Å². The summed E-state index contributed by atoms with van der Waals surface area (Å²) in [5.41, 5.74) is -0.747. The molecule has 2 nitrogen and oxygen atoms in total. The minimum absolute atomic E-state index is 0.395. The summed E-state index contributed by atoms with van der Waals surface area (Å²) in [6, 6.07) is 0. The fraction of sp³-hybridized carbons (Fsp3) is 0.667. The number of hydrogen-bond acceptors (Lipinski definition) is 2. The van der Waals surface area contributed by atoms with E-state index in [1.807, 2.05) is 11.8 Å². The van der Waals surface area contributed by atoms with E-state index in [1.165, 1.54) is 6.92 Å². The van der Waals surface area contributed by atoms with Crippen molar-refractivity contribution < 1.29 is 13.2 Å². The van der Waals surface area contributed by atoms with Crippen LogP contribution in [0.4, 0.5) is 13.2 Å². The van der Waals surface area contributed by atoms with Crippen molar-refractivity contribution in [1.29, 1.82) is 0 Å². The van der Waals surface area contributed by atoms with Gasteiger partial charge in [0.05, 0.1) is 5.57 Å². The molecule has 0 unspecified atom stereocenters. The van der Waals surface area contributed by atoms with Gasteiger partial charge in [-0.3, -0.25) is 0 Å². The molecule has 0 rings (SSSR count). The van der Waals surface area contributed by atoms with E-state index in [4.69, 9.17) is 0 Å². The van der Waals surface area contributed by atoms with E-state index < -0.39 is 11.7 Å². The second-order valence-corrected chi connectivity index (χ2v) is 4.61. The Hall–Kier alpha value is -1.26. The third-order valence-electron chi connectivity index (χ3n) is 2.88. The maximum absolute atomic E-state index is 12.6. The maximum Gasteiger partial charge on any atom is 0.417 e. The maximum atomic E-state index is 12.6. The molecular weight excluding hydrogens is 265 g/mol. The van der Waals surface area contributed by atoms with Gasteiger partial charge in [-0.15, -0.1) is 0 Å². The summed E-state index contributed by atoms with van der Waals surface area (Å²) in [5, 5.41) is 0. The van der Waals surface area contributed by atoms with Crippen molar-refractivity contribution in [3.05, 3.63) is 24.0 Å². The second kappa shape index (κ2) is 9.61. The van der Waals surface area contributed by atoms with Crippen molar-refractivity contribution in [2.45, 2.75) is 52.6 Å². The molecule has 0 fully saturated rings. The fourth-order valence-electron chi connectivity index (χ4n) is 1.73. The van der Waals surface area contributed by atoms with Crippen LogP contribution in [0.1, 0.15) is 46.5 Å². The molecule has 5 heteroatoms. The van der Waals surface area contributed by atoms with Crippen LogP contribution in [0.2, 0.25) is 0 Å². The zero-order chi connectivity index (χ0) is 15.6. The normalized spacial score (nSPS) is 13.0. The monoisotopic (exact) mass is 290 g/mol. The molecular formula is C15H25F3N2. The van der Waals surface area contributed by atoms with Gasteiger partial charge in [0.15, 0.2) is 0 Å². The summed E-state index contributed by atoms with van der Waals surface area (Å²) in [7, 11) is 0. The molecule has 0 bridgehead atoms. The van der Waals surface area contributed by atoms with Crippen LogP contribution in [0, 0.1) is 0 Å². The average Bonchev–Trinajstić information content (AvgIpc) is 2.36. The minimum atomic E-state index is -4.36. The molecule has 0 aliphatic heterocycles. The molecule has 0 aliphatic rings. The van der Waals surface area contributed by atoms with Crippen LogP contribution < -0.4 is 0 Å². The highest BCUT2D eigenvalue weighted by Crippen LogP contribution is 2.24. The minimum Gasteiger partial charge on any atom is -0.357 e. The molecule has 0 saturated heterocycles. The largest absolute Gasteiger partial charge is 0.417 e. The molecule has 0 amide bonds. The van der Waals surface area contributed by atoms with E-state index in [0.29, 0.717) is 5.82 Å². The van der Waals surface area contributed by atoms with Crippen molar-refractivity contribution in [1.82, 2.24) is 4.90 Å². The first-order valence-corrected chi connectivity index (χ1v) is 7.08. The lowest BCUT2D eigenvalue weighted by atomic mass is 10.2. The number of aliphatic imine (C=N–C) groups is 1. The summed E-state index contributed by atoms with van der Waals surface area (Å²) in [6.07, 6.45) is 1.61. The lowest BCUT2D eigenvalue weighted by Crippen LogP contribution is -2.24. The molecule has 0 saturated carbocycles. The van der Waals surface area contributed by atoms with E-state index in [2.05, 4.69) is 18.5 Å². The van der Waals surface area contributed by atoms with Gasteiger partial charge in [0.1, 0.15) is 5.82 Å². The van der Waals surface area contributed by atoms with Gasteiger partial charge in [-0.2, -0.15) is 13.2 Å². The van der Waals surface area contributed by atoms with Crippen LogP contribution in [0.3, 0.4) is 0 Å². The van der Waals surface area contributed by atoms with Gasteiger partial charge in [0.25, 0.3) is 0 Å². The predicted molar refractivity (Wildman–Crippen MR) is 78.8 cm³/mol. The highest BCUT2D eigenvalue weighted by molar-refractivity contribution is 5.80. The van der Waals surface area contributed by atoms with Crippen LogP contribution in [0.5, 0.6) is 0 Å². The Kier molecular flexibility index (Phi) is 9.01. The SMILES string of the molecule is C=C(/N=C\C(=C/C)C(F)(F)F)N(CCC)CCCCC. The molecule has 0 aromatic carbocycles. The number of unbranched alkanes of at least 4 members (excludes halogenated alkanes) is 2. The van der Waals surface area contributed by atoms with E-state index in [9.17, 15) is 13.2 Å². The van der Waals surface area contributed by atoms with Crippen LogP contribution in [-0.2, 0) is 0 Å². The van der Waals surface area contributed by atoms with Gasteiger partial charge in [0, 0.05) is 19.3 Å². The first-order chi connectivity index (χ1) is 9.36. The van der Waals surface area contributed by atoms with Gasteiger partial charge in [0.2, 0.25) is 0 Å². The number of halogens is 3. The summed E-state index contributed by atoms with van der Waals surface area (Å²) in [4.78, 5) is 5.82. The number of rotatable bonds is 9. The molecule has 0 aromatic heterocycles. The highest BCUT2D eigenvalue weighted by Gasteiger charge is 2.31. The zero-order valence-electron chi connectivity index (χ0n) is 12.6. The smallest absolute Gasteiger partial charge is 0.357 e. The summed E-state index contributed by atoms with van der Waals surface area (Å²) >= 11 is 0. The standard InChI is InChI=1S/C15H25F3N2/c1-5-8-9-11-20(10-6-2)13(4)19-12-14(7-3)15(16,17)18/h7,12H,4-6,8-11H2,1-3H3/b14-7+,19-12-. The van der Waals surface area contributed by atoms with Gasteiger partial charge in [-0.05, 0) is 19.8 Å². The number of hydrogen-bond donors (Lipinski definition) is 0. The zero-order valence-corrected chi connectivity index (χ0v) is 12.6. The number of alkyl halides is 3. The van der Waals surface area contributed by atoms with Crippen LogP contribution in [0.25, 0.3) is 0 Å². The first-order valence-electron chi connectivity index (χ1n) is 7.08. The highest BCUT2D eigenvalue weighted by atomic mass is 19.4. The average molecular weight is 290 g/mol. The summed E-state index contributed by atoms with van der Waals surface area (Å²) < 4.78 is 37.7. The Balaban J connectivity index is 4.66. The molecule has 0 radical (unpaired) electrons. The van der Waals surface area contributed by atoms with Gasteiger partial charge in [-0.1, -0.05) is 39.3 Å². The van der Waals surface area contributed by atoms with Crippen LogP contribution in [0.15, 0.2) is 29.0 Å². The van der Waals surface area contributed by atoms with E-state index in [0.717, 1.165) is 51.1 Å². The fourth-order valence-corrected chi connectivity index (χ4v) is 1.73. The Bertz CT molecular complexity index is 344. The van der Waals surface area contributed by atoms with Crippen LogP contribution >= 0.6 is 0 Å². The van der Waals surface area contributed by atoms with Crippen molar-refractivity contribution in [2.75, 3.05) is 13.1 Å². The van der Waals surface area contributed by atoms with E-state index in [1.54, 1.807) is 0 Å². The van der Waals surface area contributed by atoms with Crippen molar-refractivity contribution in [3.63, 3.8) is 0 Å². The molecule has 0 aromatic rings. The van der Waals surface area contributed by atoms with Crippen molar-refractivity contribution in [3.8, 4) is 0 Å². The van der Waals surface area contributed by atoms with Gasteiger partial charge in [-0.25, -0.2) is 4.99 Å². The topological polar surface area (TPSA) is 15.6 Å². The van der Waals surface area contributed by atoms with E-state index in [-0.39, 0.29) is 0 Å². The molecule has 116 valence electrons. The summed E-state index contributed by atoms with van der Waals surface area (Å²) in [5.74, 6) is 0.395. The van der Waals surface area contributed by atoms with E-state index >= 15 is 0 Å².